The Morgan fingerprint density at radius 1 is 1.44 bits per heavy atom. The maximum absolute atomic E-state index is 14.2. The maximum atomic E-state index is 14.2. The van der Waals surface area contributed by atoms with Gasteiger partial charge in [0.25, 0.3) is 0 Å². The number of hydrogen-bond acceptors (Lipinski definition) is 4. The predicted octanol–water partition coefficient (Wildman–Crippen LogP) is 3.27. The molecule has 1 N–H and O–H groups in total. The molecular weight excluding hydrogens is 341 g/mol. The molecule has 7 nitrogen and oxygen atoms in total. The number of rotatable bonds is 3. The lowest BCUT2D eigenvalue weighted by Gasteiger charge is -2.31. The normalized spacial score (nSPS) is 19.6. The van der Waals surface area contributed by atoms with Crippen molar-refractivity contribution in [1.82, 2.24) is 19.7 Å². The van der Waals surface area contributed by atoms with Crippen LogP contribution < -0.4 is 0 Å². The molecule has 2 heterocycles. The van der Waals surface area contributed by atoms with Crippen molar-refractivity contribution in [1.29, 1.82) is 0 Å². The number of ether oxygens (including phenoxy) is 1. The molecule has 0 unspecified atom stereocenters. The summed E-state index contributed by atoms with van der Waals surface area (Å²) in [7, 11) is 0. The van der Waals surface area contributed by atoms with Gasteiger partial charge in [0.1, 0.15) is 17.9 Å². The lowest BCUT2D eigenvalue weighted by Crippen LogP contribution is -2.44. The van der Waals surface area contributed by atoms with Gasteiger partial charge in [-0.2, -0.15) is 18.6 Å². The fourth-order valence-electron chi connectivity index (χ4n) is 2.92. The van der Waals surface area contributed by atoms with E-state index in [-0.39, 0.29) is 18.0 Å². The number of carboxylic acid groups (broad SMARTS) is 1. The quantitative estimate of drug-likeness (QED) is 0.913. The molecule has 1 aromatic carbocycles. The molecule has 3 rings (SSSR count). The Hall–Kier alpha value is -2.62. The van der Waals surface area contributed by atoms with E-state index in [1.165, 1.54) is 12.1 Å². The molecular formula is C15H15F3N4O3. The number of nitrogens with zero attached hydrogens (tertiary/aromatic N) is 4. The fraction of sp³-hybridized carbons (Fsp3) is 0.400. The Labute approximate surface area is 140 Å². The minimum Gasteiger partial charge on any atom is -0.465 e. The van der Waals surface area contributed by atoms with Crippen LogP contribution >= 0.6 is 0 Å². The van der Waals surface area contributed by atoms with Crippen LogP contribution in [-0.4, -0.2) is 43.2 Å². The highest BCUT2D eigenvalue weighted by Gasteiger charge is 2.44. The first-order valence-corrected chi connectivity index (χ1v) is 7.36. The van der Waals surface area contributed by atoms with Crippen molar-refractivity contribution in [3.8, 4) is 11.4 Å². The third-order valence-electron chi connectivity index (χ3n) is 4.07. The van der Waals surface area contributed by atoms with E-state index in [0.29, 0.717) is 10.2 Å². The summed E-state index contributed by atoms with van der Waals surface area (Å²) in [5.41, 5.74) is -0.841. The summed E-state index contributed by atoms with van der Waals surface area (Å²) < 4.78 is 45.9. The lowest BCUT2D eigenvalue weighted by molar-refractivity contribution is -0.0420. The van der Waals surface area contributed by atoms with Crippen LogP contribution in [0, 0.1) is 5.82 Å². The minimum absolute atomic E-state index is 0.0614. The van der Waals surface area contributed by atoms with Gasteiger partial charge in [-0.25, -0.2) is 14.2 Å². The van der Waals surface area contributed by atoms with E-state index in [9.17, 15) is 23.1 Å². The van der Waals surface area contributed by atoms with Gasteiger partial charge in [-0.3, -0.25) is 4.90 Å². The van der Waals surface area contributed by atoms with Gasteiger partial charge < -0.3 is 9.84 Å². The van der Waals surface area contributed by atoms with Crippen molar-refractivity contribution in [2.75, 3.05) is 6.61 Å². The minimum atomic E-state index is -2.98. The molecule has 0 saturated carbocycles. The van der Waals surface area contributed by atoms with Crippen LogP contribution in [0.2, 0.25) is 0 Å². The number of alkyl halides is 2. The van der Waals surface area contributed by atoms with Crippen LogP contribution in [0.3, 0.4) is 0 Å². The Balaban J connectivity index is 2.06. The summed E-state index contributed by atoms with van der Waals surface area (Å²) in [4.78, 5) is 16.4. The predicted molar refractivity (Wildman–Crippen MR) is 79.3 cm³/mol. The zero-order valence-corrected chi connectivity index (χ0v) is 13.4. The molecule has 1 aromatic heterocycles. The Bertz CT molecular complexity index is 809. The van der Waals surface area contributed by atoms with Crippen LogP contribution in [-0.2, 0) is 4.74 Å². The second-order valence-corrected chi connectivity index (χ2v) is 5.97. The van der Waals surface area contributed by atoms with Gasteiger partial charge in [-0.1, -0.05) is 6.07 Å². The molecule has 0 bridgehead atoms. The largest absolute Gasteiger partial charge is 0.465 e. The van der Waals surface area contributed by atoms with Crippen molar-refractivity contribution < 1.29 is 27.8 Å². The molecule has 1 fully saturated rings. The van der Waals surface area contributed by atoms with Crippen molar-refractivity contribution in [2.45, 2.75) is 32.2 Å². The monoisotopic (exact) mass is 356 g/mol. The van der Waals surface area contributed by atoms with Gasteiger partial charge in [0, 0.05) is 0 Å². The van der Waals surface area contributed by atoms with Crippen LogP contribution in [0.1, 0.15) is 32.0 Å². The Kier molecular flexibility index (Phi) is 4.15. The first kappa shape index (κ1) is 17.2. The van der Waals surface area contributed by atoms with E-state index in [0.717, 1.165) is 17.3 Å². The third kappa shape index (κ3) is 2.93. The average molecular weight is 356 g/mol. The number of benzene rings is 1. The summed E-state index contributed by atoms with van der Waals surface area (Å²) >= 11 is 0. The summed E-state index contributed by atoms with van der Waals surface area (Å²) in [5.74, 6) is -1.10. The molecule has 1 amide bonds. The highest BCUT2D eigenvalue weighted by molar-refractivity contribution is 5.67. The number of halogens is 3. The highest BCUT2D eigenvalue weighted by Crippen LogP contribution is 2.38. The zero-order valence-electron chi connectivity index (χ0n) is 13.4. The smallest absolute Gasteiger partial charge is 0.410 e. The second kappa shape index (κ2) is 6.03. The molecule has 0 radical (unpaired) electrons. The number of carbonyl (C=O) groups is 1. The van der Waals surface area contributed by atoms with Gasteiger partial charge in [0.05, 0.1) is 18.2 Å². The van der Waals surface area contributed by atoms with E-state index in [1.807, 2.05) is 0 Å². The van der Waals surface area contributed by atoms with Crippen LogP contribution in [0.5, 0.6) is 0 Å². The topological polar surface area (TPSA) is 80.5 Å². The summed E-state index contributed by atoms with van der Waals surface area (Å²) in [6, 6.07) is 3.08. The summed E-state index contributed by atoms with van der Waals surface area (Å²) in [6.07, 6.45) is -0.298. The van der Waals surface area contributed by atoms with Gasteiger partial charge in [-0.05, 0) is 31.5 Å². The molecule has 1 aliphatic rings. The lowest BCUT2D eigenvalue weighted by atomic mass is 10.0. The van der Waals surface area contributed by atoms with Crippen LogP contribution in [0.15, 0.2) is 24.5 Å². The molecule has 10 heteroatoms. The number of amides is 1. The van der Waals surface area contributed by atoms with E-state index in [1.54, 1.807) is 13.8 Å². The molecule has 1 aliphatic heterocycles. The third-order valence-corrected chi connectivity index (χ3v) is 4.07. The fourth-order valence-corrected chi connectivity index (χ4v) is 2.92. The molecule has 134 valence electrons. The van der Waals surface area contributed by atoms with Crippen molar-refractivity contribution in [3.05, 3.63) is 35.9 Å². The van der Waals surface area contributed by atoms with Gasteiger partial charge >= 0.3 is 12.6 Å². The van der Waals surface area contributed by atoms with E-state index < -0.39 is 30.2 Å². The van der Waals surface area contributed by atoms with E-state index in [4.69, 9.17) is 4.74 Å². The molecule has 1 atom stereocenters. The highest BCUT2D eigenvalue weighted by atomic mass is 19.3. The first-order valence-electron chi connectivity index (χ1n) is 7.36. The number of hydrogen-bond donors (Lipinski definition) is 1. The zero-order chi connectivity index (χ0) is 18.4. The first-order chi connectivity index (χ1) is 11.7. The Morgan fingerprint density at radius 2 is 2.16 bits per heavy atom. The van der Waals surface area contributed by atoms with Gasteiger partial charge in [-0.15, -0.1) is 0 Å². The standard InChI is InChI=1S/C15H15F3N4O3/c1-15(2)21(14(23)24)11(6-25-15)8-3-4-10(16)9(5-8)12-19-7-20-22(12)13(17)18/h3-5,7,11,13H,6H2,1-2H3,(H,23,24)/t11-/m1/s1. The summed E-state index contributed by atoms with van der Waals surface area (Å²) in [5, 5.41) is 12.8. The SMILES string of the molecule is CC1(C)OC[C@H](c2ccc(F)c(-c3ncnn3C(F)F)c2)N1C(=O)O. The average Bonchev–Trinajstić information content (AvgIpc) is 3.11. The molecule has 0 aliphatic carbocycles. The second-order valence-electron chi connectivity index (χ2n) is 5.97. The van der Waals surface area contributed by atoms with Crippen LogP contribution in [0.25, 0.3) is 11.4 Å². The van der Waals surface area contributed by atoms with Crippen molar-refractivity contribution in [3.63, 3.8) is 0 Å². The van der Waals surface area contributed by atoms with Gasteiger partial charge in [0.15, 0.2) is 5.82 Å². The number of aromatic nitrogens is 3. The molecule has 25 heavy (non-hydrogen) atoms. The van der Waals surface area contributed by atoms with Crippen LogP contribution in [0.4, 0.5) is 18.0 Å². The molecule has 2 aromatic rings. The van der Waals surface area contributed by atoms with E-state index >= 15 is 0 Å². The maximum Gasteiger partial charge on any atom is 0.410 e. The van der Waals surface area contributed by atoms with Crippen molar-refractivity contribution >= 4 is 6.09 Å². The van der Waals surface area contributed by atoms with Gasteiger partial charge in [0.2, 0.25) is 0 Å². The Morgan fingerprint density at radius 3 is 2.80 bits per heavy atom. The summed E-state index contributed by atoms with van der Waals surface area (Å²) in [6.45, 7) is 0.272. The molecule has 0 spiro atoms. The molecule has 1 saturated heterocycles. The van der Waals surface area contributed by atoms with Crippen molar-refractivity contribution in [2.24, 2.45) is 0 Å². The van der Waals surface area contributed by atoms with E-state index in [2.05, 4.69) is 10.1 Å².